The lowest BCUT2D eigenvalue weighted by Gasteiger charge is -2.11. The van der Waals surface area contributed by atoms with Gasteiger partial charge in [0.2, 0.25) is 5.67 Å². The van der Waals surface area contributed by atoms with Gasteiger partial charge >= 0.3 is 0 Å². The largest absolute Gasteiger partial charge is 0.336 e. The summed E-state index contributed by atoms with van der Waals surface area (Å²) in [5.74, 6) is 1.26. The maximum Gasteiger partial charge on any atom is 0.265 e. The summed E-state index contributed by atoms with van der Waals surface area (Å²) in [6, 6.07) is 0. The second kappa shape index (κ2) is 3.80. The zero-order valence-corrected chi connectivity index (χ0v) is 9.21. The van der Waals surface area contributed by atoms with E-state index in [4.69, 9.17) is 4.52 Å². The maximum atomic E-state index is 14.3. The highest BCUT2D eigenvalue weighted by atomic mass is 19.1. The van der Waals surface area contributed by atoms with Crippen molar-refractivity contribution < 1.29 is 8.91 Å². The fraction of sp³-hybridized carbons (Fsp3) is 0.818. The molecular weight excluding hydrogens is 209 g/mol. The number of aromatic nitrogens is 2. The van der Waals surface area contributed by atoms with Crippen molar-refractivity contribution >= 4 is 0 Å². The van der Waals surface area contributed by atoms with Crippen molar-refractivity contribution in [2.24, 2.45) is 0 Å². The molecule has 2 fully saturated rings. The van der Waals surface area contributed by atoms with E-state index in [9.17, 15) is 4.39 Å². The van der Waals surface area contributed by atoms with E-state index in [1.807, 2.05) is 0 Å². The van der Waals surface area contributed by atoms with E-state index in [1.54, 1.807) is 0 Å². The molecule has 2 heterocycles. The van der Waals surface area contributed by atoms with Gasteiger partial charge in [0.15, 0.2) is 5.82 Å². The quantitative estimate of drug-likeness (QED) is 0.835. The molecule has 16 heavy (non-hydrogen) atoms. The van der Waals surface area contributed by atoms with Crippen LogP contribution in [0.15, 0.2) is 4.52 Å². The van der Waals surface area contributed by atoms with Gasteiger partial charge in [-0.2, -0.15) is 4.98 Å². The van der Waals surface area contributed by atoms with Gasteiger partial charge in [-0.25, -0.2) is 4.39 Å². The molecule has 1 saturated heterocycles. The van der Waals surface area contributed by atoms with Crippen molar-refractivity contribution in [3.8, 4) is 0 Å². The summed E-state index contributed by atoms with van der Waals surface area (Å²) in [5.41, 5.74) is -1.44. The van der Waals surface area contributed by atoms with Crippen LogP contribution in [0.4, 0.5) is 4.39 Å². The van der Waals surface area contributed by atoms with Gasteiger partial charge in [-0.15, -0.1) is 0 Å². The molecule has 1 N–H and O–H groups in total. The second-order valence-electron chi connectivity index (χ2n) is 4.83. The van der Waals surface area contributed by atoms with Crippen LogP contribution >= 0.6 is 0 Å². The minimum Gasteiger partial charge on any atom is -0.336 e. The van der Waals surface area contributed by atoms with Gasteiger partial charge in [0, 0.05) is 18.9 Å². The van der Waals surface area contributed by atoms with Gasteiger partial charge in [-0.05, 0) is 19.4 Å². The molecule has 0 spiro atoms. The lowest BCUT2D eigenvalue weighted by atomic mass is 10.1. The molecule has 0 amide bonds. The normalized spacial score (nSPS) is 31.3. The van der Waals surface area contributed by atoms with Crippen molar-refractivity contribution in [1.82, 2.24) is 15.5 Å². The average Bonchev–Trinajstić information content (AvgIpc) is 2.98. The molecule has 0 bridgehead atoms. The Hall–Kier alpha value is -0.970. The molecule has 88 valence electrons. The van der Waals surface area contributed by atoms with Gasteiger partial charge in [-0.1, -0.05) is 18.0 Å². The van der Waals surface area contributed by atoms with Crippen LogP contribution in [0, 0.1) is 0 Å². The molecule has 1 aliphatic carbocycles. The third-order valence-electron chi connectivity index (χ3n) is 3.65. The minimum absolute atomic E-state index is 0.166. The number of hydrogen-bond donors (Lipinski definition) is 1. The molecule has 4 nitrogen and oxygen atoms in total. The number of alkyl halides is 1. The molecule has 2 aliphatic rings. The number of hydrogen-bond acceptors (Lipinski definition) is 4. The summed E-state index contributed by atoms with van der Waals surface area (Å²) in [6.45, 7) is 0.969. The molecule has 1 aromatic rings. The zero-order valence-electron chi connectivity index (χ0n) is 9.21. The number of rotatable bonds is 2. The molecule has 3 rings (SSSR count). The van der Waals surface area contributed by atoms with Crippen LogP contribution in [0.2, 0.25) is 0 Å². The van der Waals surface area contributed by atoms with Crippen LogP contribution in [-0.2, 0) is 5.67 Å². The predicted octanol–water partition coefficient (Wildman–Crippen LogP) is 1.89. The SMILES string of the molecule is FC1(c2nc(C3CCCC3)no2)CCNC1. The summed E-state index contributed by atoms with van der Waals surface area (Å²) in [7, 11) is 0. The molecular formula is C11H16FN3O. The first kappa shape index (κ1) is 10.2. The summed E-state index contributed by atoms with van der Waals surface area (Å²) in [4.78, 5) is 4.25. The van der Waals surface area contributed by atoms with Crippen LogP contribution in [0.25, 0.3) is 0 Å². The van der Waals surface area contributed by atoms with Gasteiger partial charge < -0.3 is 9.84 Å². The van der Waals surface area contributed by atoms with Crippen LogP contribution < -0.4 is 5.32 Å². The summed E-state index contributed by atoms with van der Waals surface area (Å²) >= 11 is 0. The third kappa shape index (κ3) is 1.63. The first-order valence-electron chi connectivity index (χ1n) is 6.02. The van der Waals surface area contributed by atoms with Gasteiger partial charge in [0.05, 0.1) is 0 Å². The number of halogens is 1. The average molecular weight is 225 g/mol. The molecule has 0 radical (unpaired) electrons. The monoisotopic (exact) mass is 225 g/mol. The Balaban J connectivity index is 1.81. The Morgan fingerprint density at radius 3 is 2.88 bits per heavy atom. The Morgan fingerprint density at radius 1 is 1.38 bits per heavy atom. The molecule has 1 unspecified atom stereocenters. The van der Waals surface area contributed by atoms with Crippen molar-refractivity contribution in [1.29, 1.82) is 0 Å². The maximum absolute atomic E-state index is 14.3. The summed E-state index contributed by atoms with van der Waals surface area (Å²) in [6.07, 6.45) is 5.08. The van der Waals surface area contributed by atoms with E-state index in [1.165, 1.54) is 12.8 Å². The standard InChI is InChI=1S/C11H16FN3O/c12-11(5-6-13-7-11)10-14-9(15-16-10)8-3-1-2-4-8/h8,13H,1-7H2. The van der Waals surface area contributed by atoms with Gasteiger partial charge in [0.25, 0.3) is 5.89 Å². The van der Waals surface area contributed by atoms with Crippen LogP contribution in [0.3, 0.4) is 0 Å². The van der Waals surface area contributed by atoms with Crippen LogP contribution in [0.1, 0.15) is 49.7 Å². The third-order valence-corrected chi connectivity index (χ3v) is 3.65. The Morgan fingerprint density at radius 2 is 2.19 bits per heavy atom. The second-order valence-corrected chi connectivity index (χ2v) is 4.83. The molecule has 1 aromatic heterocycles. The smallest absolute Gasteiger partial charge is 0.265 e. The lowest BCUT2D eigenvalue weighted by molar-refractivity contribution is 0.133. The fourth-order valence-electron chi connectivity index (χ4n) is 2.61. The molecule has 1 saturated carbocycles. The highest BCUT2D eigenvalue weighted by molar-refractivity contribution is 5.06. The first-order valence-corrected chi connectivity index (χ1v) is 6.02. The molecule has 0 aromatic carbocycles. The zero-order chi connectivity index (χ0) is 11.0. The summed E-state index contributed by atoms with van der Waals surface area (Å²) < 4.78 is 19.4. The van der Waals surface area contributed by atoms with Crippen LogP contribution in [0.5, 0.6) is 0 Å². The van der Waals surface area contributed by atoms with Gasteiger partial charge in [-0.3, -0.25) is 0 Å². The van der Waals surface area contributed by atoms with Gasteiger partial charge in [0.1, 0.15) is 0 Å². The summed E-state index contributed by atoms with van der Waals surface area (Å²) in [5, 5.41) is 6.92. The fourth-order valence-corrected chi connectivity index (χ4v) is 2.61. The Kier molecular flexibility index (Phi) is 2.42. The van der Waals surface area contributed by atoms with Crippen molar-refractivity contribution in [2.75, 3.05) is 13.1 Å². The number of nitrogens with zero attached hydrogens (tertiary/aromatic N) is 2. The highest BCUT2D eigenvalue weighted by Crippen LogP contribution is 2.35. The topological polar surface area (TPSA) is 51.0 Å². The van der Waals surface area contributed by atoms with E-state index in [2.05, 4.69) is 15.5 Å². The first-order chi connectivity index (χ1) is 7.78. The Labute approximate surface area is 93.6 Å². The van der Waals surface area contributed by atoms with Crippen molar-refractivity contribution in [3.63, 3.8) is 0 Å². The van der Waals surface area contributed by atoms with E-state index in [0.29, 0.717) is 31.3 Å². The predicted molar refractivity (Wildman–Crippen MR) is 55.8 cm³/mol. The van der Waals surface area contributed by atoms with E-state index in [-0.39, 0.29) is 5.89 Å². The molecule has 5 heteroatoms. The van der Waals surface area contributed by atoms with E-state index < -0.39 is 5.67 Å². The Bertz CT molecular complexity index is 367. The van der Waals surface area contributed by atoms with Crippen molar-refractivity contribution in [2.45, 2.75) is 43.7 Å². The minimum atomic E-state index is -1.44. The molecule has 1 atom stereocenters. The number of nitrogens with one attached hydrogen (secondary N) is 1. The van der Waals surface area contributed by atoms with Crippen LogP contribution in [-0.4, -0.2) is 23.2 Å². The van der Waals surface area contributed by atoms with E-state index >= 15 is 0 Å². The molecule has 1 aliphatic heterocycles. The van der Waals surface area contributed by atoms with E-state index in [0.717, 1.165) is 12.8 Å². The lowest BCUT2D eigenvalue weighted by Crippen LogP contribution is -2.23. The van der Waals surface area contributed by atoms with Crippen molar-refractivity contribution in [3.05, 3.63) is 11.7 Å². The highest BCUT2D eigenvalue weighted by Gasteiger charge is 2.41.